The smallest absolute Gasteiger partial charge is 0.0663 e. The molecule has 2 bridgehead atoms. The summed E-state index contributed by atoms with van der Waals surface area (Å²) >= 11 is 0. The van der Waals surface area contributed by atoms with Crippen LogP contribution < -0.4 is 5.32 Å². The minimum Gasteiger partial charge on any atom is -0.390 e. The summed E-state index contributed by atoms with van der Waals surface area (Å²) in [6.07, 6.45) is 10.0. The molecule has 2 saturated carbocycles. The van der Waals surface area contributed by atoms with E-state index in [1.54, 1.807) is 0 Å². The lowest BCUT2D eigenvalue weighted by Gasteiger charge is -2.33. The molecule has 0 aromatic rings. The minimum absolute atomic E-state index is 0.335. The third kappa shape index (κ3) is 2.14. The van der Waals surface area contributed by atoms with E-state index in [0.29, 0.717) is 0 Å². The Kier molecular flexibility index (Phi) is 2.97. The van der Waals surface area contributed by atoms with Gasteiger partial charge in [-0.3, -0.25) is 0 Å². The van der Waals surface area contributed by atoms with Gasteiger partial charge in [0.1, 0.15) is 0 Å². The number of rotatable bonds is 2. The molecule has 92 valence electrons. The van der Waals surface area contributed by atoms with Gasteiger partial charge in [0.05, 0.1) is 5.60 Å². The Morgan fingerprint density at radius 1 is 1.12 bits per heavy atom. The monoisotopic (exact) mass is 223 g/mol. The van der Waals surface area contributed by atoms with Gasteiger partial charge in [-0.25, -0.2) is 0 Å². The maximum atomic E-state index is 10.7. The van der Waals surface area contributed by atoms with Gasteiger partial charge < -0.3 is 10.4 Å². The zero-order chi connectivity index (χ0) is 11.0. The maximum absolute atomic E-state index is 10.7. The van der Waals surface area contributed by atoms with Crippen LogP contribution in [0.15, 0.2) is 0 Å². The normalized spacial score (nSPS) is 48.2. The molecule has 0 aromatic carbocycles. The van der Waals surface area contributed by atoms with Crippen molar-refractivity contribution >= 4 is 0 Å². The van der Waals surface area contributed by atoms with Gasteiger partial charge in [-0.15, -0.1) is 0 Å². The topological polar surface area (TPSA) is 32.3 Å². The predicted octanol–water partition coefficient (Wildman–Crippen LogP) is 2.32. The second-order valence-corrected chi connectivity index (χ2v) is 6.47. The molecule has 3 rings (SSSR count). The molecule has 1 saturated heterocycles. The number of nitrogens with one attached hydrogen (secondary N) is 1. The lowest BCUT2D eigenvalue weighted by atomic mass is 9.77. The molecular formula is C14H25NO. The Bertz CT molecular complexity index is 245. The van der Waals surface area contributed by atoms with Crippen LogP contribution in [0.1, 0.15) is 51.4 Å². The highest BCUT2D eigenvalue weighted by atomic mass is 16.3. The Morgan fingerprint density at radius 3 is 2.81 bits per heavy atom. The molecule has 2 heteroatoms. The van der Waals surface area contributed by atoms with Crippen LogP contribution in [-0.2, 0) is 0 Å². The van der Waals surface area contributed by atoms with E-state index in [1.165, 1.54) is 25.7 Å². The Balaban J connectivity index is 1.60. The standard InChI is InChI=1S/C14H25NO/c16-14(4-1-6-15-7-5-14)10-13-9-11-2-3-12(13)8-11/h11-13,15-16H,1-10H2. The summed E-state index contributed by atoms with van der Waals surface area (Å²) in [6.45, 7) is 2.11. The van der Waals surface area contributed by atoms with Gasteiger partial charge >= 0.3 is 0 Å². The van der Waals surface area contributed by atoms with Crippen molar-refractivity contribution in [2.24, 2.45) is 17.8 Å². The van der Waals surface area contributed by atoms with Crippen molar-refractivity contribution in [3.8, 4) is 0 Å². The van der Waals surface area contributed by atoms with Crippen LogP contribution in [0.3, 0.4) is 0 Å². The number of hydrogen-bond acceptors (Lipinski definition) is 2. The van der Waals surface area contributed by atoms with E-state index in [0.717, 1.165) is 56.5 Å². The first-order valence-electron chi connectivity index (χ1n) is 7.18. The number of aliphatic hydroxyl groups is 1. The fraction of sp³-hybridized carbons (Fsp3) is 1.00. The summed E-state index contributed by atoms with van der Waals surface area (Å²) in [5, 5.41) is 14.1. The van der Waals surface area contributed by atoms with Gasteiger partial charge in [-0.2, -0.15) is 0 Å². The molecule has 2 nitrogen and oxygen atoms in total. The van der Waals surface area contributed by atoms with Crippen molar-refractivity contribution in [1.82, 2.24) is 5.32 Å². The highest BCUT2D eigenvalue weighted by molar-refractivity contribution is 4.94. The van der Waals surface area contributed by atoms with Crippen molar-refractivity contribution in [3.63, 3.8) is 0 Å². The van der Waals surface area contributed by atoms with Crippen LogP contribution in [-0.4, -0.2) is 23.8 Å². The van der Waals surface area contributed by atoms with Crippen LogP contribution >= 0.6 is 0 Å². The Labute approximate surface area is 98.8 Å². The molecule has 4 atom stereocenters. The van der Waals surface area contributed by atoms with E-state index >= 15 is 0 Å². The summed E-state index contributed by atoms with van der Waals surface area (Å²) in [5.41, 5.74) is -0.335. The minimum atomic E-state index is -0.335. The Hall–Kier alpha value is -0.0800. The summed E-state index contributed by atoms with van der Waals surface area (Å²) in [7, 11) is 0. The van der Waals surface area contributed by atoms with Gasteiger partial charge in [0, 0.05) is 0 Å². The third-order valence-corrected chi connectivity index (χ3v) is 5.29. The zero-order valence-electron chi connectivity index (χ0n) is 10.3. The molecule has 0 spiro atoms. The van der Waals surface area contributed by atoms with Gasteiger partial charge in [0.25, 0.3) is 0 Å². The van der Waals surface area contributed by atoms with Crippen LogP contribution in [0.25, 0.3) is 0 Å². The molecule has 1 heterocycles. The number of fused-ring (bicyclic) bond motifs is 2. The van der Waals surface area contributed by atoms with Crippen LogP contribution in [0.2, 0.25) is 0 Å². The van der Waals surface area contributed by atoms with Crippen molar-refractivity contribution in [2.75, 3.05) is 13.1 Å². The lowest BCUT2D eigenvalue weighted by Crippen LogP contribution is -2.34. The molecule has 3 fully saturated rings. The largest absolute Gasteiger partial charge is 0.390 e. The van der Waals surface area contributed by atoms with E-state index in [-0.39, 0.29) is 5.60 Å². The second-order valence-electron chi connectivity index (χ2n) is 6.47. The molecule has 0 radical (unpaired) electrons. The molecule has 3 aliphatic rings. The average Bonchev–Trinajstić information content (AvgIpc) is 2.79. The highest BCUT2D eigenvalue weighted by Crippen LogP contribution is 2.51. The van der Waals surface area contributed by atoms with E-state index in [2.05, 4.69) is 5.32 Å². The van der Waals surface area contributed by atoms with Crippen molar-refractivity contribution in [2.45, 2.75) is 57.0 Å². The van der Waals surface area contributed by atoms with Crippen molar-refractivity contribution in [3.05, 3.63) is 0 Å². The quantitative estimate of drug-likeness (QED) is 0.753. The fourth-order valence-corrected chi connectivity index (χ4v) is 4.43. The average molecular weight is 223 g/mol. The second kappa shape index (κ2) is 4.30. The van der Waals surface area contributed by atoms with Crippen molar-refractivity contribution < 1.29 is 5.11 Å². The molecule has 0 amide bonds. The van der Waals surface area contributed by atoms with Gasteiger partial charge in [-0.1, -0.05) is 6.42 Å². The van der Waals surface area contributed by atoms with Gasteiger partial charge in [-0.05, 0) is 75.8 Å². The molecular weight excluding hydrogens is 198 g/mol. The molecule has 2 aliphatic carbocycles. The van der Waals surface area contributed by atoms with Crippen LogP contribution in [0.5, 0.6) is 0 Å². The van der Waals surface area contributed by atoms with E-state index in [9.17, 15) is 5.11 Å². The maximum Gasteiger partial charge on any atom is 0.0663 e. The Morgan fingerprint density at radius 2 is 2.06 bits per heavy atom. The number of hydrogen-bond donors (Lipinski definition) is 2. The summed E-state index contributed by atoms with van der Waals surface area (Å²) < 4.78 is 0. The van der Waals surface area contributed by atoms with Crippen LogP contribution in [0.4, 0.5) is 0 Å². The van der Waals surface area contributed by atoms with E-state index in [4.69, 9.17) is 0 Å². The predicted molar refractivity (Wildman–Crippen MR) is 65.2 cm³/mol. The molecule has 1 aliphatic heterocycles. The highest BCUT2D eigenvalue weighted by Gasteiger charge is 2.43. The van der Waals surface area contributed by atoms with Crippen molar-refractivity contribution in [1.29, 1.82) is 0 Å². The van der Waals surface area contributed by atoms with E-state index in [1.807, 2.05) is 0 Å². The summed E-state index contributed by atoms with van der Waals surface area (Å²) in [6, 6.07) is 0. The first kappa shape index (κ1) is 11.0. The molecule has 2 N–H and O–H groups in total. The summed E-state index contributed by atoms with van der Waals surface area (Å²) in [4.78, 5) is 0. The van der Waals surface area contributed by atoms with E-state index < -0.39 is 0 Å². The van der Waals surface area contributed by atoms with Crippen LogP contribution in [0, 0.1) is 17.8 Å². The first-order valence-corrected chi connectivity index (χ1v) is 7.18. The first-order chi connectivity index (χ1) is 7.75. The lowest BCUT2D eigenvalue weighted by molar-refractivity contribution is -0.00363. The SMILES string of the molecule is OC1(CC2CC3CCC2C3)CCCNCC1. The molecule has 16 heavy (non-hydrogen) atoms. The van der Waals surface area contributed by atoms with Gasteiger partial charge in [0.15, 0.2) is 0 Å². The molecule has 0 aromatic heterocycles. The van der Waals surface area contributed by atoms with Gasteiger partial charge in [0.2, 0.25) is 0 Å². The summed E-state index contributed by atoms with van der Waals surface area (Å²) in [5.74, 6) is 2.83. The molecule has 4 unspecified atom stereocenters. The third-order valence-electron chi connectivity index (χ3n) is 5.29. The fourth-order valence-electron chi connectivity index (χ4n) is 4.43. The zero-order valence-corrected chi connectivity index (χ0v) is 10.3.